The SMILES string of the molecule is CS(=O)(=O)N1CCCC12CCCN(Cc1cccs1)C2.O=C(O)C(F)(F)F. The summed E-state index contributed by atoms with van der Waals surface area (Å²) in [6.07, 6.45) is 0.400. The number of hydrogen-bond acceptors (Lipinski definition) is 5. The second-order valence-electron chi connectivity index (χ2n) is 6.86. The van der Waals surface area contributed by atoms with Crippen molar-refractivity contribution in [3.05, 3.63) is 22.4 Å². The van der Waals surface area contributed by atoms with Gasteiger partial charge in [0.1, 0.15) is 0 Å². The van der Waals surface area contributed by atoms with Crippen molar-refractivity contribution in [2.24, 2.45) is 0 Å². The molecule has 11 heteroatoms. The van der Waals surface area contributed by atoms with Gasteiger partial charge in [0.25, 0.3) is 0 Å². The Morgan fingerprint density at radius 3 is 2.37 bits per heavy atom. The first kappa shape index (κ1) is 22.1. The van der Waals surface area contributed by atoms with E-state index in [4.69, 9.17) is 9.90 Å². The first-order chi connectivity index (χ1) is 12.4. The monoisotopic (exact) mass is 428 g/mol. The van der Waals surface area contributed by atoms with Crippen molar-refractivity contribution < 1.29 is 31.5 Å². The first-order valence-corrected chi connectivity index (χ1v) is 11.2. The number of alkyl halides is 3. The minimum atomic E-state index is -5.08. The highest BCUT2D eigenvalue weighted by Crippen LogP contribution is 2.39. The van der Waals surface area contributed by atoms with Gasteiger partial charge in [0.15, 0.2) is 0 Å². The molecule has 27 heavy (non-hydrogen) atoms. The van der Waals surface area contributed by atoms with Gasteiger partial charge < -0.3 is 5.11 Å². The zero-order chi connectivity index (χ0) is 20.3. The van der Waals surface area contributed by atoms with Gasteiger partial charge in [-0.15, -0.1) is 11.3 Å². The predicted octanol–water partition coefficient (Wildman–Crippen LogP) is 2.77. The number of halogens is 3. The number of carboxylic acid groups (broad SMARTS) is 1. The van der Waals surface area contributed by atoms with Crippen LogP contribution in [0.25, 0.3) is 0 Å². The molecule has 6 nitrogen and oxygen atoms in total. The van der Waals surface area contributed by atoms with Gasteiger partial charge in [0.2, 0.25) is 10.0 Å². The Bertz CT molecular complexity index is 737. The number of likely N-dealkylation sites (tertiary alicyclic amines) is 1. The number of nitrogens with zero attached hydrogens (tertiary/aromatic N) is 2. The molecule has 0 amide bonds. The van der Waals surface area contributed by atoms with E-state index in [1.807, 2.05) is 0 Å². The Morgan fingerprint density at radius 1 is 1.30 bits per heavy atom. The van der Waals surface area contributed by atoms with E-state index in [-0.39, 0.29) is 5.54 Å². The lowest BCUT2D eigenvalue weighted by molar-refractivity contribution is -0.192. The number of carbonyl (C=O) groups is 1. The summed E-state index contributed by atoms with van der Waals surface area (Å²) in [4.78, 5) is 12.7. The van der Waals surface area contributed by atoms with Crippen molar-refractivity contribution in [1.29, 1.82) is 0 Å². The minimum Gasteiger partial charge on any atom is -0.475 e. The van der Waals surface area contributed by atoms with E-state index in [9.17, 15) is 21.6 Å². The third kappa shape index (κ3) is 5.90. The van der Waals surface area contributed by atoms with Crippen LogP contribution in [0.1, 0.15) is 30.6 Å². The average molecular weight is 428 g/mol. The Labute approximate surface area is 160 Å². The lowest BCUT2D eigenvalue weighted by Gasteiger charge is -2.44. The van der Waals surface area contributed by atoms with Gasteiger partial charge >= 0.3 is 12.1 Å². The van der Waals surface area contributed by atoms with Gasteiger partial charge in [0, 0.05) is 30.1 Å². The van der Waals surface area contributed by atoms with Crippen molar-refractivity contribution in [3.63, 3.8) is 0 Å². The van der Waals surface area contributed by atoms with Crippen LogP contribution in [-0.4, -0.2) is 66.3 Å². The quantitative estimate of drug-likeness (QED) is 0.801. The average Bonchev–Trinajstić information content (AvgIpc) is 3.17. The fraction of sp³-hybridized carbons (Fsp3) is 0.688. The molecule has 154 valence electrons. The number of piperidine rings is 1. The fourth-order valence-corrected chi connectivity index (χ4v) is 5.95. The molecule has 1 atom stereocenters. The summed E-state index contributed by atoms with van der Waals surface area (Å²) >= 11 is 1.78. The number of thiophene rings is 1. The molecule has 3 rings (SSSR count). The maximum atomic E-state index is 12.0. The van der Waals surface area contributed by atoms with E-state index in [0.29, 0.717) is 6.54 Å². The summed E-state index contributed by atoms with van der Waals surface area (Å²) in [5.41, 5.74) is -0.136. The maximum absolute atomic E-state index is 12.0. The van der Waals surface area contributed by atoms with Crippen LogP contribution < -0.4 is 0 Å². The van der Waals surface area contributed by atoms with Gasteiger partial charge in [-0.2, -0.15) is 17.5 Å². The molecule has 1 unspecified atom stereocenters. The Hall–Kier alpha value is -1.17. The standard InChI is InChI=1S/C14H22N2O2S2.C2HF3O2/c1-20(17,18)16-9-4-7-14(16)6-3-8-15(12-14)11-13-5-2-10-19-13;3-2(4,5)1(6)7/h2,5,10H,3-4,6-9,11-12H2,1H3;(H,6,7). The van der Waals surface area contributed by atoms with Gasteiger partial charge in [-0.25, -0.2) is 13.2 Å². The largest absolute Gasteiger partial charge is 0.490 e. The molecule has 2 fully saturated rings. The summed E-state index contributed by atoms with van der Waals surface area (Å²) in [5, 5.41) is 9.23. The molecule has 0 saturated carbocycles. The van der Waals surface area contributed by atoms with Crippen molar-refractivity contribution in [2.75, 3.05) is 25.9 Å². The van der Waals surface area contributed by atoms with E-state index in [2.05, 4.69) is 22.4 Å². The maximum Gasteiger partial charge on any atom is 0.490 e. The Kier molecular flexibility index (Phi) is 6.93. The third-order valence-corrected chi connectivity index (χ3v) is 7.00. The number of hydrogen-bond donors (Lipinski definition) is 1. The highest BCUT2D eigenvalue weighted by atomic mass is 32.2. The normalized spacial score (nSPS) is 24.6. The van der Waals surface area contributed by atoms with Gasteiger partial charge in [0.05, 0.1) is 6.26 Å². The van der Waals surface area contributed by atoms with Crippen LogP contribution in [0, 0.1) is 0 Å². The van der Waals surface area contributed by atoms with E-state index >= 15 is 0 Å². The number of rotatable bonds is 3. The molecule has 2 saturated heterocycles. The second-order valence-corrected chi connectivity index (χ2v) is 9.80. The lowest BCUT2D eigenvalue weighted by atomic mass is 9.87. The van der Waals surface area contributed by atoms with Crippen LogP contribution in [0.3, 0.4) is 0 Å². The van der Waals surface area contributed by atoms with Gasteiger partial charge in [-0.1, -0.05) is 6.07 Å². The summed E-state index contributed by atoms with van der Waals surface area (Å²) in [7, 11) is -3.09. The number of aliphatic carboxylic acids is 1. The van der Waals surface area contributed by atoms with Crippen LogP contribution >= 0.6 is 11.3 Å². The van der Waals surface area contributed by atoms with Crippen LogP contribution in [0.4, 0.5) is 13.2 Å². The topological polar surface area (TPSA) is 77.9 Å². The van der Waals surface area contributed by atoms with Crippen molar-refractivity contribution in [2.45, 2.75) is 43.9 Å². The molecule has 0 bridgehead atoms. The zero-order valence-corrected chi connectivity index (χ0v) is 16.5. The highest BCUT2D eigenvalue weighted by molar-refractivity contribution is 7.88. The summed E-state index contributed by atoms with van der Waals surface area (Å²) in [6, 6.07) is 4.24. The molecule has 0 radical (unpaired) electrons. The smallest absolute Gasteiger partial charge is 0.475 e. The second kappa shape index (κ2) is 8.46. The van der Waals surface area contributed by atoms with Crippen LogP contribution in [-0.2, 0) is 21.4 Å². The lowest BCUT2D eigenvalue weighted by Crippen LogP contribution is -2.56. The predicted molar refractivity (Wildman–Crippen MR) is 96.0 cm³/mol. The molecular formula is C16H23F3N2O4S2. The van der Waals surface area contributed by atoms with E-state index < -0.39 is 22.2 Å². The molecule has 1 aromatic heterocycles. The van der Waals surface area contributed by atoms with Crippen molar-refractivity contribution >= 4 is 27.3 Å². The molecule has 0 aromatic carbocycles. The van der Waals surface area contributed by atoms with E-state index in [1.165, 1.54) is 11.1 Å². The van der Waals surface area contributed by atoms with Crippen LogP contribution in [0.2, 0.25) is 0 Å². The number of carboxylic acids is 1. The molecule has 0 aliphatic carbocycles. The van der Waals surface area contributed by atoms with Crippen molar-refractivity contribution in [1.82, 2.24) is 9.21 Å². The van der Waals surface area contributed by atoms with Crippen molar-refractivity contribution in [3.8, 4) is 0 Å². The van der Waals surface area contributed by atoms with E-state index in [0.717, 1.165) is 45.3 Å². The first-order valence-electron chi connectivity index (χ1n) is 8.47. The summed E-state index contributed by atoms with van der Waals surface area (Å²) in [6.45, 7) is 3.62. The Morgan fingerprint density at radius 2 is 1.89 bits per heavy atom. The fourth-order valence-electron chi connectivity index (χ4n) is 3.80. The minimum absolute atomic E-state index is 0.136. The molecular weight excluding hydrogens is 405 g/mol. The zero-order valence-electron chi connectivity index (χ0n) is 14.9. The Balaban J connectivity index is 0.000000321. The summed E-state index contributed by atoms with van der Waals surface area (Å²) in [5.74, 6) is -2.76. The van der Waals surface area contributed by atoms with Crippen LogP contribution in [0.5, 0.6) is 0 Å². The molecule has 3 heterocycles. The van der Waals surface area contributed by atoms with Crippen LogP contribution in [0.15, 0.2) is 17.5 Å². The number of sulfonamides is 1. The third-order valence-electron chi connectivity index (χ3n) is 4.77. The van der Waals surface area contributed by atoms with Gasteiger partial charge in [-0.05, 0) is 43.7 Å². The summed E-state index contributed by atoms with van der Waals surface area (Å²) < 4.78 is 57.6. The molecule has 1 N–H and O–H groups in total. The molecule has 1 aromatic rings. The highest BCUT2D eigenvalue weighted by Gasteiger charge is 2.47. The molecule has 2 aliphatic heterocycles. The van der Waals surface area contributed by atoms with E-state index in [1.54, 1.807) is 15.6 Å². The van der Waals surface area contributed by atoms with Gasteiger partial charge in [-0.3, -0.25) is 4.90 Å². The molecule has 2 aliphatic rings. The molecule has 1 spiro atoms.